The van der Waals surface area contributed by atoms with Crippen LogP contribution in [0.3, 0.4) is 0 Å². The molecule has 2 aliphatic rings. The van der Waals surface area contributed by atoms with Crippen LogP contribution < -0.4 is 0 Å². The fraction of sp³-hybridized carbons (Fsp3) is 0.545. The molecule has 2 rings (SSSR count). The number of carboxylic acids is 1. The van der Waals surface area contributed by atoms with Crippen molar-refractivity contribution in [1.82, 2.24) is 0 Å². The Morgan fingerprint density at radius 1 is 1.46 bits per heavy atom. The first-order valence-electron chi connectivity index (χ1n) is 4.85. The summed E-state index contributed by atoms with van der Waals surface area (Å²) in [6.07, 6.45) is 10.6. The number of aliphatic carboxylic acids is 1. The number of hydrogen-bond acceptors (Lipinski definition) is 1. The summed E-state index contributed by atoms with van der Waals surface area (Å²) in [6, 6.07) is 0. The van der Waals surface area contributed by atoms with Gasteiger partial charge >= 0.3 is 5.97 Å². The molecule has 1 N–H and O–H groups in total. The molecule has 13 heavy (non-hydrogen) atoms. The largest absolute Gasteiger partial charge is 0.481 e. The minimum atomic E-state index is -0.636. The normalized spacial score (nSPS) is 32.2. The second-order valence-electron chi connectivity index (χ2n) is 3.92. The van der Waals surface area contributed by atoms with Gasteiger partial charge in [-0.2, -0.15) is 0 Å². The number of rotatable bonds is 1. The van der Waals surface area contributed by atoms with Crippen LogP contribution in [0.2, 0.25) is 0 Å². The third-order valence-corrected chi connectivity index (χ3v) is 3.22. The summed E-state index contributed by atoms with van der Waals surface area (Å²) < 4.78 is 0. The molecule has 0 aliphatic heterocycles. The summed E-state index contributed by atoms with van der Waals surface area (Å²) >= 11 is 0. The van der Waals surface area contributed by atoms with Gasteiger partial charge in [0.05, 0.1) is 5.41 Å². The minimum Gasteiger partial charge on any atom is -0.481 e. The molecule has 0 saturated heterocycles. The zero-order chi connectivity index (χ0) is 9.31. The maximum absolute atomic E-state index is 11.2. The van der Waals surface area contributed by atoms with Gasteiger partial charge in [0.15, 0.2) is 0 Å². The Bertz CT molecular complexity index is 288. The third-order valence-electron chi connectivity index (χ3n) is 3.22. The van der Waals surface area contributed by atoms with Crippen molar-refractivity contribution >= 4 is 5.97 Å². The van der Waals surface area contributed by atoms with E-state index in [1.54, 1.807) is 0 Å². The van der Waals surface area contributed by atoms with Crippen molar-refractivity contribution in [2.45, 2.75) is 32.1 Å². The van der Waals surface area contributed by atoms with Gasteiger partial charge in [-0.1, -0.05) is 30.2 Å². The molecule has 1 saturated carbocycles. The van der Waals surface area contributed by atoms with Crippen LogP contribution in [0.4, 0.5) is 0 Å². The van der Waals surface area contributed by atoms with Crippen molar-refractivity contribution in [3.8, 4) is 0 Å². The van der Waals surface area contributed by atoms with Crippen LogP contribution in [0.5, 0.6) is 0 Å². The number of carboxylic acid groups (broad SMARTS) is 1. The molecule has 0 spiro atoms. The molecule has 0 aromatic heterocycles. The van der Waals surface area contributed by atoms with Gasteiger partial charge in [-0.15, -0.1) is 0 Å². The molecule has 0 aromatic rings. The zero-order valence-corrected chi connectivity index (χ0v) is 7.62. The van der Waals surface area contributed by atoms with Crippen LogP contribution in [-0.4, -0.2) is 11.1 Å². The molecule has 70 valence electrons. The minimum absolute atomic E-state index is 0.535. The van der Waals surface area contributed by atoms with E-state index >= 15 is 0 Å². The number of allylic oxidation sites excluding steroid dienone is 3. The highest BCUT2D eigenvalue weighted by Gasteiger charge is 2.42. The predicted molar refractivity (Wildman–Crippen MR) is 50.4 cm³/mol. The van der Waals surface area contributed by atoms with E-state index in [0.717, 1.165) is 31.3 Å². The molecule has 1 unspecified atom stereocenters. The first-order chi connectivity index (χ1) is 6.26. The number of hydrogen-bond donors (Lipinski definition) is 1. The van der Waals surface area contributed by atoms with Gasteiger partial charge in [0, 0.05) is 0 Å². The SMILES string of the molecule is O=C(O)C12CC=CC=C1CCCC2. The van der Waals surface area contributed by atoms with E-state index < -0.39 is 11.4 Å². The Morgan fingerprint density at radius 2 is 2.31 bits per heavy atom. The Kier molecular flexibility index (Phi) is 1.98. The molecule has 0 amide bonds. The lowest BCUT2D eigenvalue weighted by Crippen LogP contribution is -2.36. The highest BCUT2D eigenvalue weighted by Crippen LogP contribution is 2.45. The van der Waals surface area contributed by atoms with Crippen LogP contribution in [-0.2, 0) is 4.79 Å². The molecule has 2 nitrogen and oxygen atoms in total. The predicted octanol–water partition coefficient (Wildman–Crippen LogP) is 2.52. The molecule has 1 fully saturated rings. The van der Waals surface area contributed by atoms with Crippen LogP contribution >= 0.6 is 0 Å². The van der Waals surface area contributed by atoms with E-state index in [9.17, 15) is 9.90 Å². The van der Waals surface area contributed by atoms with Gasteiger partial charge in [0.2, 0.25) is 0 Å². The maximum atomic E-state index is 11.2. The number of carbonyl (C=O) groups is 1. The van der Waals surface area contributed by atoms with E-state index in [4.69, 9.17) is 0 Å². The van der Waals surface area contributed by atoms with E-state index in [0.29, 0.717) is 6.42 Å². The van der Waals surface area contributed by atoms with Gasteiger partial charge in [-0.3, -0.25) is 4.79 Å². The van der Waals surface area contributed by atoms with Gasteiger partial charge in [-0.05, 0) is 25.7 Å². The quantitative estimate of drug-likeness (QED) is 0.669. The van der Waals surface area contributed by atoms with E-state index in [-0.39, 0.29) is 0 Å². The lowest BCUT2D eigenvalue weighted by molar-refractivity contribution is -0.147. The summed E-state index contributed by atoms with van der Waals surface area (Å²) in [6.45, 7) is 0. The molecule has 2 aliphatic carbocycles. The summed E-state index contributed by atoms with van der Waals surface area (Å²) in [7, 11) is 0. The molecule has 0 heterocycles. The van der Waals surface area contributed by atoms with Crippen molar-refractivity contribution in [3.63, 3.8) is 0 Å². The fourth-order valence-corrected chi connectivity index (χ4v) is 2.40. The monoisotopic (exact) mass is 178 g/mol. The molecule has 2 heteroatoms. The summed E-state index contributed by atoms with van der Waals surface area (Å²) in [5, 5.41) is 9.25. The van der Waals surface area contributed by atoms with Crippen molar-refractivity contribution in [3.05, 3.63) is 23.8 Å². The van der Waals surface area contributed by atoms with Crippen molar-refractivity contribution in [1.29, 1.82) is 0 Å². The zero-order valence-electron chi connectivity index (χ0n) is 7.62. The average molecular weight is 178 g/mol. The summed E-state index contributed by atoms with van der Waals surface area (Å²) in [5.74, 6) is -0.636. The molecule has 0 aromatic carbocycles. The Hall–Kier alpha value is -1.05. The summed E-state index contributed by atoms with van der Waals surface area (Å²) in [4.78, 5) is 11.2. The van der Waals surface area contributed by atoms with Crippen molar-refractivity contribution in [2.75, 3.05) is 0 Å². The van der Waals surface area contributed by atoms with E-state index in [1.807, 2.05) is 18.2 Å². The smallest absolute Gasteiger partial charge is 0.314 e. The first-order valence-corrected chi connectivity index (χ1v) is 4.85. The highest BCUT2D eigenvalue weighted by molar-refractivity contribution is 5.79. The molecule has 1 atom stereocenters. The Morgan fingerprint density at radius 3 is 3.00 bits per heavy atom. The standard InChI is InChI=1S/C11H14O2/c12-10(13)11-7-3-1-5-9(11)6-2-4-8-11/h1,3,5H,2,4,6-8H2,(H,12,13). The second-order valence-corrected chi connectivity index (χ2v) is 3.92. The molecule has 0 bridgehead atoms. The van der Waals surface area contributed by atoms with Crippen LogP contribution in [0.1, 0.15) is 32.1 Å². The fourth-order valence-electron chi connectivity index (χ4n) is 2.40. The third kappa shape index (κ3) is 1.21. The van der Waals surface area contributed by atoms with Crippen LogP contribution in [0, 0.1) is 5.41 Å². The molecular formula is C11H14O2. The first kappa shape index (κ1) is 8.54. The molecule has 0 radical (unpaired) electrons. The van der Waals surface area contributed by atoms with E-state index in [2.05, 4.69) is 0 Å². The van der Waals surface area contributed by atoms with Gasteiger partial charge in [-0.25, -0.2) is 0 Å². The maximum Gasteiger partial charge on any atom is 0.314 e. The lowest BCUT2D eigenvalue weighted by Gasteiger charge is -2.36. The van der Waals surface area contributed by atoms with E-state index in [1.165, 1.54) is 0 Å². The lowest BCUT2D eigenvalue weighted by atomic mass is 9.66. The highest BCUT2D eigenvalue weighted by atomic mass is 16.4. The van der Waals surface area contributed by atoms with Crippen LogP contribution in [0.25, 0.3) is 0 Å². The van der Waals surface area contributed by atoms with Gasteiger partial charge in [0.25, 0.3) is 0 Å². The molecular weight excluding hydrogens is 164 g/mol. The summed E-state index contributed by atoms with van der Waals surface area (Å²) in [5.41, 5.74) is 0.598. The average Bonchev–Trinajstić information content (AvgIpc) is 2.17. The van der Waals surface area contributed by atoms with Crippen molar-refractivity contribution in [2.24, 2.45) is 5.41 Å². The topological polar surface area (TPSA) is 37.3 Å². The second kappa shape index (κ2) is 3.02. The Labute approximate surface area is 78.0 Å². The number of fused-ring (bicyclic) bond motifs is 1. The van der Waals surface area contributed by atoms with Crippen LogP contribution in [0.15, 0.2) is 23.8 Å². The van der Waals surface area contributed by atoms with Gasteiger partial charge in [0.1, 0.15) is 0 Å². The van der Waals surface area contributed by atoms with Crippen molar-refractivity contribution < 1.29 is 9.90 Å². The Balaban J connectivity index is 2.37. The van der Waals surface area contributed by atoms with Gasteiger partial charge < -0.3 is 5.11 Å².